The quantitative estimate of drug-likeness (QED) is 0.476. The van der Waals surface area contributed by atoms with E-state index in [1.807, 2.05) is 20.8 Å². The molecule has 0 saturated heterocycles. The van der Waals surface area contributed by atoms with Crippen LogP contribution in [0.3, 0.4) is 0 Å². The number of benzene rings is 1. The molecule has 0 spiro atoms. The van der Waals surface area contributed by atoms with Gasteiger partial charge in [0.15, 0.2) is 0 Å². The maximum Gasteiger partial charge on any atom is 0.270 e. The third kappa shape index (κ3) is 3.26. The molecule has 0 fully saturated rings. The van der Waals surface area contributed by atoms with Crippen molar-refractivity contribution in [2.75, 3.05) is 13.1 Å². The number of aryl methyl sites for hydroxylation is 1. The van der Waals surface area contributed by atoms with Gasteiger partial charge >= 0.3 is 0 Å². The number of hydrogen-bond acceptors (Lipinski definition) is 4. The predicted molar refractivity (Wildman–Crippen MR) is 89.2 cm³/mol. The van der Waals surface area contributed by atoms with Crippen LogP contribution in [0, 0.1) is 17.0 Å². The van der Waals surface area contributed by atoms with Gasteiger partial charge in [-0.25, -0.2) is 0 Å². The van der Waals surface area contributed by atoms with Gasteiger partial charge in [-0.05, 0) is 39.3 Å². The van der Waals surface area contributed by atoms with Crippen molar-refractivity contribution in [1.82, 2.24) is 4.90 Å². The Hall–Kier alpha value is -2.63. The highest BCUT2D eigenvalue weighted by Gasteiger charge is 2.17. The monoisotopic (exact) mass is 316 g/mol. The Morgan fingerprint density at radius 2 is 2.00 bits per heavy atom. The molecule has 2 rings (SSSR count). The van der Waals surface area contributed by atoms with E-state index in [1.54, 1.807) is 24.0 Å². The summed E-state index contributed by atoms with van der Waals surface area (Å²) in [4.78, 5) is 24.5. The fraction of sp³-hybridized carbons (Fsp3) is 0.353. The normalized spacial score (nSPS) is 11.7. The van der Waals surface area contributed by atoms with Gasteiger partial charge in [0.25, 0.3) is 5.69 Å². The number of rotatable bonds is 5. The molecule has 0 aliphatic carbocycles. The van der Waals surface area contributed by atoms with Crippen LogP contribution in [-0.4, -0.2) is 28.8 Å². The molecule has 0 N–H and O–H groups in total. The predicted octanol–water partition coefficient (Wildman–Crippen LogP) is 3.92. The molecule has 1 aromatic heterocycles. The lowest BCUT2D eigenvalue weighted by molar-refractivity contribution is -0.384. The lowest BCUT2D eigenvalue weighted by Crippen LogP contribution is -2.28. The van der Waals surface area contributed by atoms with Crippen molar-refractivity contribution >= 4 is 28.1 Å². The average Bonchev–Trinajstić information content (AvgIpc) is 2.83. The molecule has 0 radical (unpaired) electrons. The molecule has 6 heteroatoms. The summed E-state index contributed by atoms with van der Waals surface area (Å²) in [5.41, 5.74) is 2.05. The summed E-state index contributed by atoms with van der Waals surface area (Å²) in [7, 11) is 0. The fourth-order valence-electron chi connectivity index (χ4n) is 2.70. The number of carbonyl (C=O) groups excluding carboxylic acids is 1. The summed E-state index contributed by atoms with van der Waals surface area (Å²) in [6, 6.07) is 4.49. The van der Waals surface area contributed by atoms with Gasteiger partial charge in [0.1, 0.15) is 11.3 Å². The van der Waals surface area contributed by atoms with E-state index in [2.05, 4.69) is 0 Å². The zero-order valence-electron chi connectivity index (χ0n) is 13.8. The second-order valence-corrected chi connectivity index (χ2v) is 5.31. The number of likely N-dealkylation sites (N-methyl/N-ethyl adjacent to an activating group) is 1. The highest BCUT2D eigenvalue weighted by atomic mass is 16.6. The van der Waals surface area contributed by atoms with Crippen LogP contribution in [0.15, 0.2) is 28.7 Å². The Kier molecular flexibility index (Phi) is 4.83. The van der Waals surface area contributed by atoms with Crippen LogP contribution in [0.4, 0.5) is 5.69 Å². The first kappa shape index (κ1) is 16.7. The summed E-state index contributed by atoms with van der Waals surface area (Å²) >= 11 is 0. The Morgan fingerprint density at radius 1 is 1.35 bits per heavy atom. The van der Waals surface area contributed by atoms with Gasteiger partial charge in [0.2, 0.25) is 5.91 Å². The van der Waals surface area contributed by atoms with E-state index in [-0.39, 0.29) is 11.6 Å². The minimum absolute atomic E-state index is 0.00224. The molecule has 1 amide bonds. The molecule has 0 atom stereocenters. The smallest absolute Gasteiger partial charge is 0.270 e. The van der Waals surface area contributed by atoms with E-state index in [4.69, 9.17) is 4.42 Å². The van der Waals surface area contributed by atoms with E-state index in [0.29, 0.717) is 29.8 Å². The van der Waals surface area contributed by atoms with Crippen molar-refractivity contribution in [2.24, 2.45) is 0 Å². The van der Waals surface area contributed by atoms with Gasteiger partial charge < -0.3 is 9.32 Å². The number of nitro groups is 1. The molecule has 0 aliphatic rings. The van der Waals surface area contributed by atoms with Crippen LogP contribution in [0.1, 0.15) is 32.1 Å². The van der Waals surface area contributed by atoms with Crippen molar-refractivity contribution in [1.29, 1.82) is 0 Å². The average molecular weight is 316 g/mol. The summed E-state index contributed by atoms with van der Waals surface area (Å²) in [6.07, 6.45) is 1.56. The number of nitro benzene ring substituents is 1. The third-order valence-electron chi connectivity index (χ3n) is 3.87. The van der Waals surface area contributed by atoms with Crippen LogP contribution in [0.5, 0.6) is 0 Å². The molecule has 23 heavy (non-hydrogen) atoms. The zero-order valence-corrected chi connectivity index (χ0v) is 13.8. The van der Waals surface area contributed by atoms with Crippen molar-refractivity contribution in [2.45, 2.75) is 27.7 Å². The standard InChI is InChI=1S/C17H20N2O4/c1-5-18(6-2)16(20)9-11(3)17-12(4)23-15-8-7-13(19(21)22)10-14(15)17/h7-10H,5-6H2,1-4H3/b11-9-. The molecule has 1 heterocycles. The van der Waals surface area contributed by atoms with Crippen molar-refractivity contribution in [3.63, 3.8) is 0 Å². The molecule has 1 aromatic carbocycles. The van der Waals surface area contributed by atoms with Crippen LogP contribution < -0.4 is 0 Å². The number of allylic oxidation sites excluding steroid dienone is 1. The summed E-state index contributed by atoms with van der Waals surface area (Å²) < 4.78 is 5.66. The first-order chi connectivity index (χ1) is 10.9. The first-order valence-electron chi connectivity index (χ1n) is 7.54. The van der Waals surface area contributed by atoms with Gasteiger partial charge in [0.05, 0.1) is 4.92 Å². The van der Waals surface area contributed by atoms with E-state index >= 15 is 0 Å². The second-order valence-electron chi connectivity index (χ2n) is 5.31. The Balaban J connectivity index is 2.53. The Morgan fingerprint density at radius 3 is 2.57 bits per heavy atom. The molecule has 2 aromatic rings. The van der Waals surface area contributed by atoms with Crippen molar-refractivity contribution in [3.05, 3.63) is 45.7 Å². The van der Waals surface area contributed by atoms with Crippen LogP contribution in [0.2, 0.25) is 0 Å². The number of furan rings is 1. The van der Waals surface area contributed by atoms with Crippen molar-refractivity contribution in [3.8, 4) is 0 Å². The van der Waals surface area contributed by atoms with Gasteiger partial charge in [-0.15, -0.1) is 0 Å². The number of amides is 1. The van der Waals surface area contributed by atoms with Gasteiger partial charge in [0, 0.05) is 42.2 Å². The molecule has 0 unspecified atom stereocenters. The zero-order chi connectivity index (χ0) is 17.1. The van der Waals surface area contributed by atoms with Gasteiger partial charge in [-0.3, -0.25) is 14.9 Å². The number of non-ortho nitro benzene ring substituents is 1. The summed E-state index contributed by atoms with van der Waals surface area (Å²) in [5.74, 6) is 0.563. The van der Waals surface area contributed by atoms with E-state index in [1.165, 1.54) is 12.1 Å². The van der Waals surface area contributed by atoms with Crippen LogP contribution in [-0.2, 0) is 4.79 Å². The van der Waals surface area contributed by atoms with E-state index in [0.717, 1.165) is 11.1 Å². The maximum atomic E-state index is 12.2. The highest BCUT2D eigenvalue weighted by Crippen LogP contribution is 2.33. The van der Waals surface area contributed by atoms with Crippen molar-refractivity contribution < 1.29 is 14.1 Å². The molecule has 122 valence electrons. The number of hydrogen-bond donors (Lipinski definition) is 0. The molecule has 0 aliphatic heterocycles. The van der Waals surface area contributed by atoms with E-state index < -0.39 is 4.92 Å². The first-order valence-corrected chi connectivity index (χ1v) is 7.54. The maximum absolute atomic E-state index is 12.2. The summed E-state index contributed by atoms with van der Waals surface area (Å²) in [5, 5.41) is 11.6. The van der Waals surface area contributed by atoms with Crippen LogP contribution in [0.25, 0.3) is 16.5 Å². The largest absolute Gasteiger partial charge is 0.461 e. The summed E-state index contributed by atoms with van der Waals surface area (Å²) in [6.45, 7) is 8.72. The lowest BCUT2D eigenvalue weighted by Gasteiger charge is -2.16. The Bertz CT molecular complexity index is 785. The lowest BCUT2D eigenvalue weighted by atomic mass is 10.0. The molecule has 0 bridgehead atoms. The number of nitrogens with zero attached hydrogens (tertiary/aromatic N) is 2. The minimum atomic E-state index is -0.439. The molecular weight excluding hydrogens is 296 g/mol. The van der Waals surface area contributed by atoms with Gasteiger partial charge in [-0.1, -0.05) is 0 Å². The topological polar surface area (TPSA) is 76.6 Å². The third-order valence-corrected chi connectivity index (χ3v) is 3.87. The van der Waals surface area contributed by atoms with Gasteiger partial charge in [-0.2, -0.15) is 0 Å². The SMILES string of the molecule is CCN(CC)C(=O)/C=C(/C)c1c(C)oc2ccc([N+](=O)[O-])cc12. The highest BCUT2D eigenvalue weighted by molar-refractivity contribution is 6.00. The second kappa shape index (κ2) is 6.64. The van der Waals surface area contributed by atoms with Crippen LogP contribution >= 0.6 is 0 Å². The number of carbonyl (C=O) groups is 1. The Labute approximate surface area is 134 Å². The number of fused-ring (bicyclic) bond motifs is 1. The minimum Gasteiger partial charge on any atom is -0.461 e. The fourth-order valence-corrected chi connectivity index (χ4v) is 2.70. The van der Waals surface area contributed by atoms with E-state index in [9.17, 15) is 14.9 Å². The molecule has 0 saturated carbocycles. The molecule has 6 nitrogen and oxygen atoms in total. The molecular formula is C17H20N2O4.